The lowest BCUT2D eigenvalue weighted by atomic mass is 9.89. The molecule has 2 heterocycles. The minimum absolute atomic E-state index is 0.0919. The Bertz CT molecular complexity index is 572. The second kappa shape index (κ2) is 6.74. The standard InChI is InChI=1S/C17H21FN2O2/c18-15-4-3-12(8-13(15)9-19)10-20-6-1-2-16(20)14-11-22-7-5-17(14)21/h3-4,8,14,16-17,21H,1-2,5-7,10-11H2. The fourth-order valence-corrected chi connectivity index (χ4v) is 3.64. The van der Waals surface area contributed by atoms with Gasteiger partial charge in [0.15, 0.2) is 0 Å². The Kier molecular flexibility index (Phi) is 4.72. The molecule has 22 heavy (non-hydrogen) atoms. The maximum Gasteiger partial charge on any atom is 0.140 e. The average molecular weight is 304 g/mol. The lowest BCUT2D eigenvalue weighted by Crippen LogP contribution is -2.45. The summed E-state index contributed by atoms with van der Waals surface area (Å²) >= 11 is 0. The van der Waals surface area contributed by atoms with E-state index in [4.69, 9.17) is 10.00 Å². The van der Waals surface area contributed by atoms with Crippen LogP contribution in [-0.2, 0) is 11.3 Å². The van der Waals surface area contributed by atoms with Crippen LogP contribution in [0.5, 0.6) is 0 Å². The Morgan fingerprint density at radius 2 is 2.27 bits per heavy atom. The zero-order chi connectivity index (χ0) is 15.5. The van der Waals surface area contributed by atoms with Crippen molar-refractivity contribution < 1.29 is 14.2 Å². The maximum atomic E-state index is 13.4. The van der Waals surface area contributed by atoms with Gasteiger partial charge in [0.25, 0.3) is 0 Å². The predicted octanol–water partition coefficient (Wildman–Crippen LogP) is 2.06. The van der Waals surface area contributed by atoms with Crippen molar-refractivity contribution in [2.75, 3.05) is 19.8 Å². The van der Waals surface area contributed by atoms with Crippen LogP contribution in [0.3, 0.4) is 0 Å². The highest BCUT2D eigenvalue weighted by molar-refractivity contribution is 5.34. The van der Waals surface area contributed by atoms with E-state index < -0.39 is 5.82 Å². The van der Waals surface area contributed by atoms with E-state index in [1.807, 2.05) is 6.07 Å². The molecule has 0 aliphatic carbocycles. The summed E-state index contributed by atoms with van der Waals surface area (Å²) in [5.41, 5.74) is 1.03. The van der Waals surface area contributed by atoms with Gasteiger partial charge in [0.1, 0.15) is 11.9 Å². The van der Waals surface area contributed by atoms with E-state index in [9.17, 15) is 9.50 Å². The molecule has 0 aromatic heterocycles. The van der Waals surface area contributed by atoms with Gasteiger partial charge in [0, 0.05) is 25.1 Å². The smallest absolute Gasteiger partial charge is 0.140 e. The fourth-order valence-electron chi connectivity index (χ4n) is 3.64. The van der Waals surface area contributed by atoms with Gasteiger partial charge in [-0.25, -0.2) is 4.39 Å². The topological polar surface area (TPSA) is 56.5 Å². The number of likely N-dealkylation sites (tertiary alicyclic amines) is 1. The zero-order valence-corrected chi connectivity index (χ0v) is 12.5. The SMILES string of the molecule is N#Cc1cc(CN2CCCC2C2COCCC2O)ccc1F. The van der Waals surface area contributed by atoms with Crippen molar-refractivity contribution in [2.45, 2.75) is 38.0 Å². The first-order valence-electron chi connectivity index (χ1n) is 7.87. The second-order valence-corrected chi connectivity index (χ2v) is 6.20. The van der Waals surface area contributed by atoms with Gasteiger partial charge in [-0.3, -0.25) is 4.90 Å². The number of aliphatic hydroxyl groups excluding tert-OH is 1. The van der Waals surface area contributed by atoms with Crippen molar-refractivity contribution in [3.8, 4) is 6.07 Å². The Morgan fingerprint density at radius 1 is 1.41 bits per heavy atom. The average Bonchev–Trinajstić information content (AvgIpc) is 2.97. The van der Waals surface area contributed by atoms with Crippen molar-refractivity contribution in [3.63, 3.8) is 0 Å². The molecule has 0 bridgehead atoms. The van der Waals surface area contributed by atoms with Crippen molar-refractivity contribution in [1.82, 2.24) is 4.90 Å². The van der Waals surface area contributed by atoms with Gasteiger partial charge in [0.05, 0.1) is 18.3 Å². The molecular formula is C17H21FN2O2. The van der Waals surface area contributed by atoms with Gasteiger partial charge in [-0.2, -0.15) is 5.26 Å². The second-order valence-electron chi connectivity index (χ2n) is 6.20. The van der Waals surface area contributed by atoms with E-state index in [2.05, 4.69) is 4.90 Å². The van der Waals surface area contributed by atoms with Crippen LogP contribution >= 0.6 is 0 Å². The Hall–Kier alpha value is -1.48. The van der Waals surface area contributed by atoms with Crippen molar-refractivity contribution in [2.24, 2.45) is 5.92 Å². The van der Waals surface area contributed by atoms with Gasteiger partial charge in [0.2, 0.25) is 0 Å². The number of halogens is 1. The third-order valence-corrected chi connectivity index (χ3v) is 4.81. The van der Waals surface area contributed by atoms with Crippen molar-refractivity contribution in [1.29, 1.82) is 5.26 Å². The van der Waals surface area contributed by atoms with E-state index in [1.54, 1.807) is 12.1 Å². The summed E-state index contributed by atoms with van der Waals surface area (Å²) in [6, 6.07) is 6.90. The van der Waals surface area contributed by atoms with Gasteiger partial charge in [-0.05, 0) is 43.5 Å². The molecule has 4 nitrogen and oxygen atoms in total. The first-order valence-corrected chi connectivity index (χ1v) is 7.87. The van der Waals surface area contributed by atoms with Crippen LogP contribution in [0.4, 0.5) is 4.39 Å². The lowest BCUT2D eigenvalue weighted by Gasteiger charge is -2.37. The van der Waals surface area contributed by atoms with E-state index >= 15 is 0 Å². The van der Waals surface area contributed by atoms with Gasteiger partial charge >= 0.3 is 0 Å². The number of ether oxygens (including phenoxy) is 1. The van der Waals surface area contributed by atoms with Crippen LogP contribution in [0.2, 0.25) is 0 Å². The van der Waals surface area contributed by atoms with Crippen LogP contribution < -0.4 is 0 Å². The molecule has 5 heteroatoms. The van der Waals surface area contributed by atoms with E-state index in [0.29, 0.717) is 32.2 Å². The van der Waals surface area contributed by atoms with Crippen LogP contribution in [0.25, 0.3) is 0 Å². The molecule has 1 N–H and O–H groups in total. The molecule has 0 amide bonds. The van der Waals surface area contributed by atoms with E-state index in [-0.39, 0.29) is 17.6 Å². The molecule has 3 atom stereocenters. The quantitative estimate of drug-likeness (QED) is 0.928. The predicted molar refractivity (Wildman–Crippen MR) is 79.5 cm³/mol. The van der Waals surface area contributed by atoms with Crippen LogP contribution in [-0.4, -0.2) is 41.9 Å². The van der Waals surface area contributed by atoms with Gasteiger partial charge < -0.3 is 9.84 Å². The van der Waals surface area contributed by atoms with E-state index in [0.717, 1.165) is 24.9 Å². The molecule has 0 saturated carbocycles. The minimum Gasteiger partial charge on any atom is -0.393 e. The van der Waals surface area contributed by atoms with Crippen LogP contribution in [0.15, 0.2) is 18.2 Å². The molecule has 0 radical (unpaired) electrons. The summed E-state index contributed by atoms with van der Waals surface area (Å²) in [5.74, 6) is -0.326. The molecule has 3 rings (SSSR count). The zero-order valence-electron chi connectivity index (χ0n) is 12.5. The highest BCUT2D eigenvalue weighted by Gasteiger charge is 2.37. The number of nitrogens with zero attached hydrogens (tertiary/aromatic N) is 2. The Labute approximate surface area is 130 Å². The highest BCUT2D eigenvalue weighted by atomic mass is 19.1. The summed E-state index contributed by atoms with van der Waals surface area (Å²) in [4.78, 5) is 2.33. The summed E-state index contributed by atoms with van der Waals surface area (Å²) in [6.07, 6.45) is 2.55. The molecule has 3 unspecified atom stereocenters. The molecule has 0 spiro atoms. The van der Waals surface area contributed by atoms with Crippen LogP contribution in [0.1, 0.15) is 30.4 Å². The maximum absolute atomic E-state index is 13.4. The number of benzene rings is 1. The third-order valence-electron chi connectivity index (χ3n) is 4.81. The molecule has 1 aromatic carbocycles. The number of hydrogen-bond acceptors (Lipinski definition) is 4. The van der Waals surface area contributed by atoms with Gasteiger partial charge in [-0.15, -0.1) is 0 Å². The molecule has 2 aliphatic heterocycles. The van der Waals surface area contributed by atoms with Gasteiger partial charge in [-0.1, -0.05) is 6.07 Å². The third kappa shape index (κ3) is 3.14. The highest BCUT2D eigenvalue weighted by Crippen LogP contribution is 2.31. The number of hydrogen-bond donors (Lipinski definition) is 1. The summed E-state index contributed by atoms with van der Waals surface area (Å²) in [5, 5.41) is 19.2. The Balaban J connectivity index is 1.72. The minimum atomic E-state index is -0.472. The molecule has 1 aromatic rings. The lowest BCUT2D eigenvalue weighted by molar-refractivity contribution is -0.0636. The molecular weight excluding hydrogens is 283 g/mol. The fraction of sp³-hybridized carbons (Fsp3) is 0.588. The Morgan fingerprint density at radius 3 is 3.05 bits per heavy atom. The molecule has 2 aliphatic rings. The number of nitriles is 1. The first-order chi connectivity index (χ1) is 10.7. The van der Waals surface area contributed by atoms with E-state index in [1.165, 1.54) is 6.07 Å². The summed E-state index contributed by atoms with van der Waals surface area (Å²) in [7, 11) is 0. The first kappa shape index (κ1) is 15.4. The van der Waals surface area contributed by atoms with Crippen molar-refractivity contribution in [3.05, 3.63) is 35.1 Å². The number of rotatable bonds is 3. The molecule has 2 saturated heterocycles. The normalized spacial score (nSPS) is 29.4. The number of aliphatic hydroxyl groups is 1. The summed E-state index contributed by atoms with van der Waals surface area (Å²) < 4.78 is 19.0. The monoisotopic (exact) mass is 304 g/mol. The largest absolute Gasteiger partial charge is 0.393 e. The molecule has 118 valence electrons. The summed E-state index contributed by atoms with van der Waals surface area (Å²) in [6.45, 7) is 2.89. The van der Waals surface area contributed by atoms with Crippen LogP contribution in [0, 0.1) is 23.1 Å². The van der Waals surface area contributed by atoms with Crippen molar-refractivity contribution >= 4 is 0 Å². The molecule has 2 fully saturated rings.